The quantitative estimate of drug-likeness (QED) is 0.0216. The van der Waals surface area contributed by atoms with Crippen molar-refractivity contribution < 1.29 is 167 Å². The summed E-state index contributed by atoms with van der Waals surface area (Å²) >= 11 is 0. The smallest absolute Gasteiger partial charge is 0.407 e. The number of nitrogens with zero attached hydrogens (tertiary/aromatic N) is 3. The third-order valence-corrected chi connectivity index (χ3v) is 20.2. The number of hydrogen-bond acceptors (Lipinski definition) is 35. The van der Waals surface area contributed by atoms with E-state index in [1.165, 1.54) is 14.7 Å². The van der Waals surface area contributed by atoms with Crippen molar-refractivity contribution in [2.24, 2.45) is 0 Å². The standard InChI is InChI=1S/C77H124N8O34/c86-41-50-60(96)64(100)68(104)73(116-50)110-34-30-84(31-35-111-74-69(105)65(101)61(97)51(42-87)117-74)57(93)23-10-3-14-26-78-54(90)38-83(40-56(92)82-49(22-13-17-29-81-77(109)115-46-48-20-8-2-9-21-48)72(108)80-28-16-5-12-25-59(95)114-45-47-18-6-1-7-19-47)39-55(91)79-27-15-4-11-24-58(94)85(32-36-112-75-70(106)66(102)62(98)52(43-88)118-75)33-37-113-76-71(107)67(103)63(99)53(44-89)119-76/h1-2,6-9,18-21,49-53,60-71,73-76,86-89,96-107H,3-5,10-17,22-46H2,(H,78,90)(H,79,91)(H,80,108)(H,81,109)(H,82,92)/t49-,50+,51+,52+,53+,60+,61+,62+,63+,64-,65-,66-,67-,68-,69-,70-,71-,73-,74-,75-,76-/m0/s1. The topological polar surface area (TPSA) is 622 Å². The molecule has 119 heavy (non-hydrogen) atoms. The van der Waals surface area contributed by atoms with Crippen molar-refractivity contribution in [1.82, 2.24) is 41.3 Å². The second-order valence-electron chi connectivity index (χ2n) is 29.4. The lowest BCUT2D eigenvalue weighted by Gasteiger charge is -2.40. The van der Waals surface area contributed by atoms with Crippen LogP contribution in [0.25, 0.3) is 0 Å². The second-order valence-corrected chi connectivity index (χ2v) is 29.4. The highest BCUT2D eigenvalue weighted by Crippen LogP contribution is 2.27. The van der Waals surface area contributed by atoms with Crippen LogP contribution in [0.5, 0.6) is 0 Å². The molecular formula is C77H124N8O34. The number of carbonyl (C=O) groups excluding carboxylic acids is 8. The summed E-state index contributed by atoms with van der Waals surface area (Å²) in [6, 6.07) is 17.1. The van der Waals surface area contributed by atoms with Gasteiger partial charge in [-0.15, -0.1) is 0 Å². The number of unbranched alkanes of at least 4 members (excludes halogenated alkanes) is 7. The van der Waals surface area contributed by atoms with Crippen molar-refractivity contribution in [3.8, 4) is 0 Å². The third-order valence-electron chi connectivity index (χ3n) is 20.2. The molecule has 0 spiro atoms. The molecule has 2 aromatic rings. The molecule has 0 aromatic heterocycles. The zero-order valence-corrected chi connectivity index (χ0v) is 66.7. The van der Waals surface area contributed by atoms with Gasteiger partial charge in [-0.05, 0) is 68.9 Å². The number of esters is 1. The molecule has 42 nitrogen and oxygen atoms in total. The number of hydrogen-bond donors (Lipinski definition) is 21. The van der Waals surface area contributed by atoms with Crippen molar-refractivity contribution in [2.75, 3.05) is 125 Å². The molecule has 4 fully saturated rings. The highest BCUT2D eigenvalue weighted by atomic mass is 16.7. The summed E-state index contributed by atoms with van der Waals surface area (Å²) in [5, 5.41) is 177. The van der Waals surface area contributed by atoms with Gasteiger partial charge >= 0.3 is 12.1 Å². The first kappa shape index (κ1) is 101. The van der Waals surface area contributed by atoms with Gasteiger partial charge in [0.25, 0.3) is 0 Å². The van der Waals surface area contributed by atoms with Gasteiger partial charge in [-0.1, -0.05) is 79.9 Å². The lowest BCUT2D eigenvalue weighted by atomic mass is 9.99. The van der Waals surface area contributed by atoms with Gasteiger partial charge in [0.1, 0.15) is 117 Å². The molecule has 42 heteroatoms. The number of alkyl carbamates (subject to hydrolysis) is 1. The van der Waals surface area contributed by atoms with E-state index < -0.39 is 216 Å². The Bertz CT molecular complexity index is 3050. The van der Waals surface area contributed by atoms with E-state index in [2.05, 4.69) is 26.6 Å². The van der Waals surface area contributed by atoms with Crippen molar-refractivity contribution in [3.63, 3.8) is 0 Å². The molecule has 21 atom stereocenters. The first-order chi connectivity index (χ1) is 57.2. The number of ether oxygens (including phenoxy) is 10. The number of nitrogens with one attached hydrogen (secondary N) is 5. The SMILES string of the molecule is O=C(CN(CC(=O)NCCCCCC(=O)N(CCO[C@H]1O[C@H](CO)[C@@H](O)[C@H](O)[C@@H]1O)CCO[C@H]1O[C@H](CO)[C@@H](O)[C@H](O)[C@@H]1O)CC(=O)N[C@@H](CCCCNC(=O)OCc1ccccc1)C(=O)NCCCCCC(=O)OCc1ccccc1)NCCCCCC(=O)N(CCO[C@H]1O[C@H](CO)[C@@H](O)[C@H](O)[C@@H]1O)CCO[C@H]1O[C@H](CO)[C@@H](O)[C@H](O)[C@@H]1O. The Morgan fingerprint density at radius 1 is 0.361 bits per heavy atom. The van der Waals surface area contributed by atoms with Gasteiger partial charge < -0.3 is 165 Å². The van der Waals surface area contributed by atoms with Crippen molar-refractivity contribution >= 4 is 47.5 Å². The molecule has 4 heterocycles. The summed E-state index contributed by atoms with van der Waals surface area (Å²) in [6.45, 7) is -5.94. The summed E-state index contributed by atoms with van der Waals surface area (Å²) in [6.07, 6.45) is -28.4. The molecule has 676 valence electrons. The molecule has 4 saturated heterocycles. The Morgan fingerprint density at radius 2 is 0.689 bits per heavy atom. The van der Waals surface area contributed by atoms with Gasteiger partial charge in [0, 0.05) is 71.6 Å². The summed E-state index contributed by atoms with van der Waals surface area (Å²) in [4.78, 5) is 112. The number of carbonyl (C=O) groups is 8. The van der Waals surface area contributed by atoms with Crippen LogP contribution in [0.4, 0.5) is 4.79 Å². The Kier molecular flexibility index (Phi) is 46.8. The summed E-state index contributed by atoms with van der Waals surface area (Å²) in [5.41, 5.74) is 1.61. The van der Waals surface area contributed by atoms with Crippen LogP contribution in [-0.4, -0.2) is 398 Å². The largest absolute Gasteiger partial charge is 0.461 e. The van der Waals surface area contributed by atoms with Crippen LogP contribution in [0.3, 0.4) is 0 Å². The van der Waals surface area contributed by atoms with E-state index >= 15 is 0 Å². The van der Waals surface area contributed by atoms with Crippen LogP contribution in [0.1, 0.15) is 107 Å². The van der Waals surface area contributed by atoms with Crippen LogP contribution < -0.4 is 26.6 Å². The lowest BCUT2D eigenvalue weighted by molar-refractivity contribution is -0.303. The monoisotopic (exact) mass is 1700 g/mol. The third kappa shape index (κ3) is 35.0. The molecule has 2 aromatic carbocycles. The minimum absolute atomic E-state index is 0.0322. The fourth-order valence-electron chi connectivity index (χ4n) is 13.1. The van der Waals surface area contributed by atoms with Crippen LogP contribution in [0, 0.1) is 0 Å². The molecular weight excluding hydrogens is 1580 g/mol. The first-order valence-corrected chi connectivity index (χ1v) is 40.4. The molecule has 0 aliphatic carbocycles. The second kappa shape index (κ2) is 55.2. The summed E-state index contributed by atoms with van der Waals surface area (Å²) in [7, 11) is 0. The van der Waals surface area contributed by atoms with Gasteiger partial charge in [-0.2, -0.15) is 0 Å². The van der Waals surface area contributed by atoms with E-state index in [4.69, 9.17) is 47.4 Å². The average molecular weight is 1710 g/mol. The van der Waals surface area contributed by atoms with Crippen molar-refractivity contribution in [2.45, 2.75) is 238 Å². The number of rotatable bonds is 55. The highest BCUT2D eigenvalue weighted by molar-refractivity contribution is 5.89. The molecule has 6 rings (SSSR count). The van der Waals surface area contributed by atoms with E-state index in [0.717, 1.165) is 11.1 Å². The average Bonchev–Trinajstić information content (AvgIpc) is 0.833. The molecule has 0 radical (unpaired) electrons. The maximum Gasteiger partial charge on any atom is 0.407 e. The van der Waals surface area contributed by atoms with E-state index in [1.54, 1.807) is 24.3 Å². The highest BCUT2D eigenvalue weighted by Gasteiger charge is 2.48. The molecule has 4 aliphatic heterocycles. The Balaban J connectivity index is 1.06. The van der Waals surface area contributed by atoms with Crippen molar-refractivity contribution in [3.05, 3.63) is 71.8 Å². The van der Waals surface area contributed by atoms with E-state index in [0.29, 0.717) is 57.8 Å². The van der Waals surface area contributed by atoms with Gasteiger partial charge in [-0.25, -0.2) is 4.79 Å². The molecule has 0 unspecified atom stereocenters. The molecule has 4 aliphatic rings. The predicted molar refractivity (Wildman–Crippen MR) is 410 cm³/mol. The fraction of sp³-hybridized carbons (Fsp3) is 0.740. The van der Waals surface area contributed by atoms with E-state index in [-0.39, 0.29) is 136 Å². The van der Waals surface area contributed by atoms with Crippen molar-refractivity contribution in [1.29, 1.82) is 0 Å². The van der Waals surface area contributed by atoms with Gasteiger partial charge in [-0.3, -0.25) is 38.5 Å². The van der Waals surface area contributed by atoms with Crippen LogP contribution in [0.2, 0.25) is 0 Å². The Labute approximate surface area is 688 Å². The fourth-order valence-corrected chi connectivity index (χ4v) is 13.1. The Hall–Kier alpha value is -7.00. The number of benzene rings is 2. The number of aliphatic hydroxyl groups is 16. The predicted octanol–water partition coefficient (Wildman–Crippen LogP) is -7.43. The maximum absolute atomic E-state index is 14.2. The number of amides is 7. The molecule has 0 bridgehead atoms. The summed E-state index contributed by atoms with van der Waals surface area (Å²) < 4.78 is 54.9. The molecule has 21 N–H and O–H groups in total. The van der Waals surface area contributed by atoms with Crippen LogP contribution in [-0.2, 0) is 94.1 Å². The zero-order valence-electron chi connectivity index (χ0n) is 66.7. The minimum Gasteiger partial charge on any atom is -0.461 e. The lowest BCUT2D eigenvalue weighted by Crippen LogP contribution is -2.59. The van der Waals surface area contributed by atoms with Crippen LogP contribution in [0.15, 0.2) is 60.7 Å². The Morgan fingerprint density at radius 3 is 1.06 bits per heavy atom. The number of aliphatic hydroxyl groups excluding tert-OH is 16. The van der Waals surface area contributed by atoms with Crippen LogP contribution >= 0.6 is 0 Å². The zero-order chi connectivity index (χ0) is 86.8. The van der Waals surface area contributed by atoms with E-state index in [1.807, 2.05) is 36.4 Å². The van der Waals surface area contributed by atoms with Gasteiger partial charge in [0.05, 0.1) is 72.5 Å². The van der Waals surface area contributed by atoms with Gasteiger partial charge in [0.15, 0.2) is 25.2 Å². The maximum atomic E-state index is 14.2. The summed E-state index contributed by atoms with van der Waals surface area (Å²) in [5.74, 6) is -3.84. The molecule has 7 amide bonds. The van der Waals surface area contributed by atoms with E-state index in [9.17, 15) is 120 Å². The molecule has 0 saturated carbocycles. The first-order valence-electron chi connectivity index (χ1n) is 40.4. The van der Waals surface area contributed by atoms with Gasteiger partial charge in [0.2, 0.25) is 35.4 Å². The minimum atomic E-state index is -1.75. The normalized spacial score (nSPS) is 27.2.